The van der Waals surface area contributed by atoms with Crippen LogP contribution in [0.15, 0.2) is 71.8 Å². The number of para-hydroxylation sites is 1. The molecule has 2 aliphatic carbocycles. The van der Waals surface area contributed by atoms with E-state index in [9.17, 15) is 0 Å². The van der Waals surface area contributed by atoms with Crippen molar-refractivity contribution in [2.45, 2.75) is 37.6 Å². The number of fused-ring (bicyclic) bond motifs is 4. The molecule has 3 aliphatic rings. The van der Waals surface area contributed by atoms with Gasteiger partial charge in [0, 0.05) is 24.7 Å². The van der Waals surface area contributed by atoms with Crippen LogP contribution in [-0.2, 0) is 0 Å². The molecule has 2 unspecified atom stereocenters. The Morgan fingerprint density at radius 2 is 1.35 bits per heavy atom. The van der Waals surface area contributed by atoms with Crippen molar-refractivity contribution in [1.82, 2.24) is 0 Å². The monoisotopic (exact) mass is 339 g/mol. The third-order valence-electron chi connectivity index (χ3n) is 6.45. The molecule has 0 saturated heterocycles. The minimum atomic E-state index is 0.636. The van der Waals surface area contributed by atoms with Crippen molar-refractivity contribution < 1.29 is 0 Å². The molecule has 2 aromatic carbocycles. The third kappa shape index (κ3) is 2.54. The molecule has 0 radical (unpaired) electrons. The highest BCUT2D eigenvalue weighted by molar-refractivity contribution is 5.70. The van der Waals surface area contributed by atoms with Gasteiger partial charge in [-0.15, -0.1) is 0 Å². The maximum atomic E-state index is 2.53. The van der Waals surface area contributed by atoms with Crippen LogP contribution in [0.1, 0.15) is 48.3 Å². The van der Waals surface area contributed by atoms with Gasteiger partial charge < -0.3 is 4.90 Å². The van der Waals surface area contributed by atoms with Crippen LogP contribution in [0.25, 0.3) is 12.2 Å². The summed E-state index contributed by atoms with van der Waals surface area (Å²) in [6.45, 7) is 0. The van der Waals surface area contributed by atoms with Gasteiger partial charge in [0.2, 0.25) is 0 Å². The van der Waals surface area contributed by atoms with Gasteiger partial charge in [0.1, 0.15) is 0 Å². The molecule has 1 heteroatoms. The van der Waals surface area contributed by atoms with Crippen molar-refractivity contribution in [2.24, 2.45) is 0 Å². The number of hydrogen-bond donors (Lipinski definition) is 0. The zero-order valence-corrected chi connectivity index (χ0v) is 15.4. The number of rotatable bonds is 0. The van der Waals surface area contributed by atoms with Gasteiger partial charge in [0.05, 0.1) is 0 Å². The molecule has 0 aromatic heterocycles. The number of likely N-dealkylation sites (N-methyl/N-ethyl adjacent to an activating group) is 1. The Balaban J connectivity index is 1.49. The molecule has 1 aliphatic heterocycles. The summed E-state index contributed by atoms with van der Waals surface area (Å²) in [4.78, 5) is 2.53. The fourth-order valence-corrected chi connectivity index (χ4v) is 5.03. The van der Waals surface area contributed by atoms with Crippen molar-refractivity contribution in [2.75, 3.05) is 11.9 Å². The second-order valence-corrected chi connectivity index (χ2v) is 7.77. The Morgan fingerprint density at radius 3 is 2.08 bits per heavy atom. The summed E-state index contributed by atoms with van der Waals surface area (Å²) in [5.41, 5.74) is 8.69. The number of nitrogens with zero attached hydrogens (tertiary/aromatic N) is 1. The zero-order chi connectivity index (χ0) is 17.5. The van der Waals surface area contributed by atoms with E-state index in [-0.39, 0.29) is 0 Å². The van der Waals surface area contributed by atoms with Gasteiger partial charge in [-0.25, -0.2) is 0 Å². The Hall–Kier alpha value is -2.54. The van der Waals surface area contributed by atoms with Crippen LogP contribution in [0.5, 0.6) is 0 Å². The molecule has 0 N–H and O–H groups in total. The molecule has 0 bridgehead atoms. The number of allylic oxidation sites excluding steroid dienone is 4. The van der Waals surface area contributed by atoms with Gasteiger partial charge in [0.25, 0.3) is 0 Å². The Labute approximate surface area is 156 Å². The van der Waals surface area contributed by atoms with E-state index in [1.807, 2.05) is 0 Å². The van der Waals surface area contributed by atoms with Gasteiger partial charge in [0.15, 0.2) is 0 Å². The summed E-state index contributed by atoms with van der Waals surface area (Å²) < 4.78 is 0. The van der Waals surface area contributed by atoms with E-state index in [0.29, 0.717) is 12.0 Å². The molecule has 0 fully saturated rings. The Kier molecular flexibility index (Phi) is 3.81. The molecule has 0 saturated carbocycles. The lowest BCUT2D eigenvalue weighted by Crippen LogP contribution is -2.31. The van der Waals surface area contributed by atoms with Gasteiger partial charge >= 0.3 is 0 Å². The Bertz CT molecular complexity index is 931. The molecular weight excluding hydrogens is 314 g/mol. The highest BCUT2D eigenvalue weighted by Gasteiger charge is 2.36. The summed E-state index contributed by atoms with van der Waals surface area (Å²) in [5.74, 6) is 0.667. The summed E-state index contributed by atoms with van der Waals surface area (Å²) >= 11 is 0. The maximum Gasteiger partial charge on any atom is 0.0402 e. The van der Waals surface area contributed by atoms with Crippen LogP contribution in [-0.4, -0.2) is 13.1 Å². The molecule has 1 nitrogen and oxygen atoms in total. The van der Waals surface area contributed by atoms with E-state index in [0.717, 1.165) is 6.42 Å². The summed E-state index contributed by atoms with van der Waals surface area (Å²) in [5, 5.41) is 0. The minimum absolute atomic E-state index is 0.636. The van der Waals surface area contributed by atoms with Crippen LogP contribution in [0.3, 0.4) is 0 Å². The molecule has 2 aromatic rings. The first kappa shape index (κ1) is 15.7. The molecule has 130 valence electrons. The number of benzene rings is 2. The van der Waals surface area contributed by atoms with E-state index >= 15 is 0 Å². The van der Waals surface area contributed by atoms with E-state index in [1.165, 1.54) is 47.2 Å². The molecule has 26 heavy (non-hydrogen) atoms. The van der Waals surface area contributed by atoms with E-state index in [2.05, 4.69) is 84.8 Å². The minimum Gasteiger partial charge on any atom is -0.371 e. The quantitative estimate of drug-likeness (QED) is 0.552. The molecule has 5 rings (SSSR count). The van der Waals surface area contributed by atoms with Crippen LogP contribution < -0.4 is 4.90 Å². The van der Waals surface area contributed by atoms with Crippen LogP contribution >= 0.6 is 0 Å². The van der Waals surface area contributed by atoms with Crippen molar-refractivity contribution in [3.05, 3.63) is 88.5 Å². The summed E-state index contributed by atoms with van der Waals surface area (Å²) in [6.07, 6.45) is 14.2. The highest BCUT2D eigenvalue weighted by atomic mass is 15.2. The number of hydrogen-bond acceptors (Lipinski definition) is 1. The van der Waals surface area contributed by atoms with E-state index in [1.54, 1.807) is 5.56 Å². The summed E-state index contributed by atoms with van der Waals surface area (Å²) in [6, 6.07) is 18.3. The molecule has 0 spiro atoms. The standard InChI is InChI=1S/C25H25N/c1-26-24-9-5-4-8-22(24)23-16-14-20-12-10-18-6-2-3-7-19(18)11-13-21(20)15-17-25(23)26/h2-13,23,25H,14-17H2,1H3/b12-10-,13-11-,18-10?,19-11?,20-12?,21-13?,21-20+. The number of anilines is 1. The fourth-order valence-electron chi connectivity index (χ4n) is 5.03. The van der Waals surface area contributed by atoms with Crippen molar-refractivity contribution in [1.29, 1.82) is 0 Å². The first-order valence-corrected chi connectivity index (χ1v) is 9.80. The van der Waals surface area contributed by atoms with Gasteiger partial charge in [-0.05, 0) is 59.6 Å². The van der Waals surface area contributed by atoms with Gasteiger partial charge in [-0.1, -0.05) is 66.8 Å². The SMILES string of the molecule is CN1c2ccccc2C2CCC3=C(\C=C/c4ccccc4/C=C\3)CCC21. The lowest BCUT2D eigenvalue weighted by molar-refractivity contribution is 0.476. The Morgan fingerprint density at radius 1 is 0.731 bits per heavy atom. The second-order valence-electron chi connectivity index (χ2n) is 7.77. The van der Waals surface area contributed by atoms with Crippen molar-refractivity contribution >= 4 is 17.8 Å². The van der Waals surface area contributed by atoms with E-state index in [4.69, 9.17) is 0 Å². The van der Waals surface area contributed by atoms with E-state index < -0.39 is 0 Å². The predicted molar refractivity (Wildman–Crippen MR) is 111 cm³/mol. The molecule has 0 amide bonds. The zero-order valence-electron chi connectivity index (χ0n) is 15.4. The average Bonchev–Trinajstić information content (AvgIpc) is 2.91. The maximum absolute atomic E-state index is 2.53. The smallest absolute Gasteiger partial charge is 0.0402 e. The van der Waals surface area contributed by atoms with Gasteiger partial charge in [-0.2, -0.15) is 0 Å². The lowest BCUT2D eigenvalue weighted by Gasteiger charge is -2.30. The second kappa shape index (κ2) is 6.32. The predicted octanol–water partition coefficient (Wildman–Crippen LogP) is 6.20. The van der Waals surface area contributed by atoms with Crippen molar-refractivity contribution in [3.63, 3.8) is 0 Å². The largest absolute Gasteiger partial charge is 0.371 e. The summed E-state index contributed by atoms with van der Waals surface area (Å²) in [7, 11) is 2.28. The van der Waals surface area contributed by atoms with Gasteiger partial charge in [-0.3, -0.25) is 0 Å². The fraction of sp³-hybridized carbons (Fsp3) is 0.280. The molecule has 1 heterocycles. The van der Waals surface area contributed by atoms with Crippen LogP contribution in [0.2, 0.25) is 0 Å². The first-order valence-electron chi connectivity index (χ1n) is 9.80. The first-order chi connectivity index (χ1) is 12.8. The lowest BCUT2D eigenvalue weighted by atomic mass is 9.81. The van der Waals surface area contributed by atoms with Crippen LogP contribution in [0.4, 0.5) is 5.69 Å². The topological polar surface area (TPSA) is 3.24 Å². The third-order valence-corrected chi connectivity index (χ3v) is 6.45. The molecule has 2 atom stereocenters. The highest BCUT2D eigenvalue weighted by Crippen LogP contribution is 2.46. The average molecular weight is 339 g/mol. The van der Waals surface area contributed by atoms with Crippen LogP contribution in [0, 0.1) is 0 Å². The normalized spacial score (nSPS) is 29.2. The van der Waals surface area contributed by atoms with Crippen molar-refractivity contribution in [3.8, 4) is 0 Å². The molecular formula is C25H25N.